The molecule has 0 unspecified atom stereocenters. The molecule has 5 heteroatoms. The molecule has 2 atom stereocenters. The highest BCUT2D eigenvalue weighted by molar-refractivity contribution is 6.42. The van der Waals surface area contributed by atoms with Gasteiger partial charge >= 0.3 is 0 Å². The number of halogens is 2. The first kappa shape index (κ1) is 14.6. The molecule has 0 aliphatic heterocycles. The van der Waals surface area contributed by atoms with Crippen molar-refractivity contribution in [3.63, 3.8) is 0 Å². The zero-order valence-corrected chi connectivity index (χ0v) is 12.3. The monoisotopic (exact) mass is 301 g/mol. The van der Waals surface area contributed by atoms with Crippen molar-refractivity contribution in [3.8, 4) is 0 Å². The van der Waals surface area contributed by atoms with E-state index < -0.39 is 11.5 Å². The number of rotatable bonds is 2. The SMILES string of the molecule is CNC(=O)[C@]1(c2ccc(Cl)c(Cl)c2)CCCC[C@H]1O. The molecular formula is C14H17Cl2NO2. The topological polar surface area (TPSA) is 49.3 Å². The maximum absolute atomic E-state index is 12.3. The molecule has 1 fully saturated rings. The van der Waals surface area contributed by atoms with Crippen molar-refractivity contribution in [1.29, 1.82) is 0 Å². The summed E-state index contributed by atoms with van der Waals surface area (Å²) < 4.78 is 0. The molecule has 1 saturated carbocycles. The van der Waals surface area contributed by atoms with Gasteiger partial charge in [-0.05, 0) is 30.5 Å². The third kappa shape index (κ3) is 2.47. The van der Waals surface area contributed by atoms with Gasteiger partial charge in [-0.2, -0.15) is 0 Å². The predicted octanol–water partition coefficient (Wildman–Crippen LogP) is 2.91. The molecule has 1 aliphatic rings. The van der Waals surface area contributed by atoms with Crippen LogP contribution in [-0.4, -0.2) is 24.2 Å². The van der Waals surface area contributed by atoms with Crippen molar-refractivity contribution >= 4 is 29.1 Å². The van der Waals surface area contributed by atoms with Crippen molar-refractivity contribution in [2.24, 2.45) is 0 Å². The summed E-state index contributed by atoms with van der Waals surface area (Å²) in [6.07, 6.45) is 2.38. The maximum atomic E-state index is 12.3. The van der Waals surface area contributed by atoms with Crippen molar-refractivity contribution in [2.45, 2.75) is 37.2 Å². The number of aliphatic hydroxyl groups excluding tert-OH is 1. The van der Waals surface area contributed by atoms with E-state index >= 15 is 0 Å². The molecule has 1 aromatic rings. The minimum absolute atomic E-state index is 0.168. The van der Waals surface area contributed by atoms with Gasteiger partial charge < -0.3 is 10.4 Å². The highest BCUT2D eigenvalue weighted by atomic mass is 35.5. The standard InChI is InChI=1S/C14H17Cl2NO2/c1-17-13(19)14(7-3-2-4-12(14)18)9-5-6-10(15)11(16)8-9/h5-6,8,12,18H,2-4,7H2,1H3,(H,17,19)/t12-,14+/m1/s1. The minimum Gasteiger partial charge on any atom is -0.392 e. The smallest absolute Gasteiger partial charge is 0.233 e. The van der Waals surface area contributed by atoms with E-state index in [9.17, 15) is 9.90 Å². The summed E-state index contributed by atoms with van der Waals surface area (Å²) in [5.74, 6) is -0.168. The Bertz CT molecular complexity index is 492. The van der Waals surface area contributed by atoms with E-state index in [1.54, 1.807) is 25.2 Å². The molecule has 0 heterocycles. The number of hydrogen-bond donors (Lipinski definition) is 2. The first-order valence-corrected chi connectivity index (χ1v) is 7.13. The van der Waals surface area contributed by atoms with Gasteiger partial charge in [0.25, 0.3) is 0 Å². The van der Waals surface area contributed by atoms with Crippen molar-refractivity contribution in [1.82, 2.24) is 5.32 Å². The molecule has 2 N–H and O–H groups in total. The molecule has 0 spiro atoms. The lowest BCUT2D eigenvalue weighted by molar-refractivity contribution is -0.132. The summed E-state index contributed by atoms with van der Waals surface area (Å²) in [5.41, 5.74) is -0.185. The fraction of sp³-hybridized carbons (Fsp3) is 0.500. The molecule has 1 aliphatic carbocycles. The fourth-order valence-electron chi connectivity index (χ4n) is 2.88. The van der Waals surface area contributed by atoms with Crippen molar-refractivity contribution < 1.29 is 9.90 Å². The van der Waals surface area contributed by atoms with Crippen LogP contribution in [0.5, 0.6) is 0 Å². The average Bonchev–Trinajstić information content (AvgIpc) is 2.42. The predicted molar refractivity (Wildman–Crippen MR) is 76.7 cm³/mol. The summed E-state index contributed by atoms with van der Waals surface area (Å²) in [6, 6.07) is 5.14. The normalized spacial score (nSPS) is 27.1. The second-order valence-electron chi connectivity index (χ2n) is 4.94. The molecule has 3 nitrogen and oxygen atoms in total. The van der Waals surface area contributed by atoms with Gasteiger partial charge in [0.15, 0.2) is 0 Å². The summed E-state index contributed by atoms with van der Waals surface area (Å²) in [7, 11) is 1.59. The Kier molecular flexibility index (Phi) is 4.39. The molecule has 0 aromatic heterocycles. The minimum atomic E-state index is -0.915. The van der Waals surface area contributed by atoms with Gasteiger partial charge in [-0.1, -0.05) is 42.1 Å². The second kappa shape index (κ2) is 5.70. The second-order valence-corrected chi connectivity index (χ2v) is 5.76. The van der Waals surface area contributed by atoms with Crippen molar-refractivity contribution in [3.05, 3.63) is 33.8 Å². The first-order chi connectivity index (χ1) is 9.02. The number of carbonyl (C=O) groups is 1. The third-order valence-electron chi connectivity index (χ3n) is 3.93. The number of carbonyl (C=O) groups excluding carboxylic acids is 1. The third-order valence-corrected chi connectivity index (χ3v) is 4.67. The molecule has 104 valence electrons. The van der Waals surface area contributed by atoms with Gasteiger partial charge in [0, 0.05) is 7.05 Å². The van der Waals surface area contributed by atoms with Crippen LogP contribution < -0.4 is 5.32 Å². The van der Waals surface area contributed by atoms with E-state index in [0.717, 1.165) is 18.4 Å². The summed E-state index contributed by atoms with van der Waals surface area (Å²) in [5, 5.41) is 13.9. The van der Waals surface area contributed by atoms with E-state index in [1.807, 2.05) is 0 Å². The molecular weight excluding hydrogens is 285 g/mol. The van der Waals surface area contributed by atoms with Gasteiger partial charge in [-0.3, -0.25) is 4.79 Å². The largest absolute Gasteiger partial charge is 0.392 e. The molecule has 0 saturated heterocycles. The lowest BCUT2D eigenvalue weighted by Gasteiger charge is -2.40. The number of hydrogen-bond acceptors (Lipinski definition) is 2. The van der Waals surface area contributed by atoms with Gasteiger partial charge in [0.05, 0.1) is 21.6 Å². The average molecular weight is 302 g/mol. The van der Waals surface area contributed by atoms with Gasteiger partial charge in [0.2, 0.25) is 5.91 Å². The number of benzene rings is 1. The van der Waals surface area contributed by atoms with E-state index in [4.69, 9.17) is 23.2 Å². The first-order valence-electron chi connectivity index (χ1n) is 6.38. The Morgan fingerprint density at radius 3 is 2.68 bits per heavy atom. The quantitative estimate of drug-likeness (QED) is 0.882. The zero-order chi connectivity index (χ0) is 14.0. The molecule has 1 amide bonds. The Labute approximate surface area is 122 Å². The lowest BCUT2D eigenvalue weighted by Crippen LogP contribution is -2.53. The highest BCUT2D eigenvalue weighted by Gasteiger charge is 2.47. The van der Waals surface area contributed by atoms with Crippen LogP contribution in [0.1, 0.15) is 31.2 Å². The van der Waals surface area contributed by atoms with Crippen LogP contribution in [0, 0.1) is 0 Å². The van der Waals surface area contributed by atoms with Crippen LogP contribution in [-0.2, 0) is 10.2 Å². The summed E-state index contributed by atoms with van der Waals surface area (Å²) >= 11 is 12.0. The Hall–Kier alpha value is -0.770. The van der Waals surface area contributed by atoms with E-state index in [1.165, 1.54) is 0 Å². The highest BCUT2D eigenvalue weighted by Crippen LogP contribution is 2.41. The van der Waals surface area contributed by atoms with E-state index in [0.29, 0.717) is 22.9 Å². The molecule has 2 rings (SSSR count). The Morgan fingerprint density at radius 1 is 1.37 bits per heavy atom. The Balaban J connectivity index is 2.53. The van der Waals surface area contributed by atoms with E-state index in [-0.39, 0.29) is 5.91 Å². The van der Waals surface area contributed by atoms with Gasteiger partial charge in [-0.15, -0.1) is 0 Å². The van der Waals surface area contributed by atoms with Crippen LogP contribution in [0.3, 0.4) is 0 Å². The fourth-order valence-corrected chi connectivity index (χ4v) is 3.18. The molecule has 0 bridgehead atoms. The van der Waals surface area contributed by atoms with Gasteiger partial charge in [0.1, 0.15) is 0 Å². The zero-order valence-electron chi connectivity index (χ0n) is 10.7. The van der Waals surface area contributed by atoms with Crippen LogP contribution in [0.2, 0.25) is 10.0 Å². The van der Waals surface area contributed by atoms with Crippen LogP contribution in [0.25, 0.3) is 0 Å². The maximum Gasteiger partial charge on any atom is 0.233 e. The Morgan fingerprint density at radius 2 is 2.11 bits per heavy atom. The van der Waals surface area contributed by atoms with E-state index in [2.05, 4.69) is 5.32 Å². The molecule has 19 heavy (non-hydrogen) atoms. The van der Waals surface area contributed by atoms with Crippen molar-refractivity contribution in [2.75, 3.05) is 7.05 Å². The van der Waals surface area contributed by atoms with Crippen LogP contribution in [0.4, 0.5) is 0 Å². The molecule has 0 radical (unpaired) electrons. The van der Waals surface area contributed by atoms with Gasteiger partial charge in [-0.25, -0.2) is 0 Å². The number of nitrogens with one attached hydrogen (secondary N) is 1. The summed E-state index contributed by atoms with van der Waals surface area (Å²) in [6.45, 7) is 0. The van der Waals surface area contributed by atoms with Crippen LogP contribution >= 0.6 is 23.2 Å². The number of likely N-dealkylation sites (N-methyl/N-ethyl adjacent to an activating group) is 1. The number of aliphatic hydroxyl groups is 1. The summed E-state index contributed by atoms with van der Waals surface area (Å²) in [4.78, 5) is 12.3. The van der Waals surface area contributed by atoms with Crippen LogP contribution in [0.15, 0.2) is 18.2 Å². The molecule has 1 aromatic carbocycles. The number of amides is 1. The lowest BCUT2D eigenvalue weighted by atomic mass is 9.66.